The highest BCUT2D eigenvalue weighted by molar-refractivity contribution is 6.30. The zero-order valence-electron chi connectivity index (χ0n) is 13.4. The zero-order valence-corrected chi connectivity index (χ0v) is 14.1. The molecule has 0 spiro atoms. The molecular formula is C19H18ClNO3. The molecule has 2 aromatic carbocycles. The van der Waals surface area contributed by atoms with Crippen molar-refractivity contribution in [3.63, 3.8) is 0 Å². The molecule has 1 fully saturated rings. The van der Waals surface area contributed by atoms with E-state index in [9.17, 15) is 9.59 Å². The van der Waals surface area contributed by atoms with Crippen molar-refractivity contribution < 1.29 is 14.3 Å². The van der Waals surface area contributed by atoms with Crippen LogP contribution in [0.1, 0.15) is 29.9 Å². The Morgan fingerprint density at radius 1 is 1.08 bits per heavy atom. The van der Waals surface area contributed by atoms with E-state index < -0.39 is 0 Å². The van der Waals surface area contributed by atoms with Gasteiger partial charge in [-0.3, -0.25) is 14.5 Å². The predicted molar refractivity (Wildman–Crippen MR) is 92.0 cm³/mol. The van der Waals surface area contributed by atoms with Crippen molar-refractivity contribution in [1.82, 2.24) is 4.90 Å². The molecule has 2 amide bonds. The van der Waals surface area contributed by atoms with E-state index in [2.05, 4.69) is 0 Å². The fourth-order valence-electron chi connectivity index (χ4n) is 2.95. The number of carbonyl (C=O) groups is 2. The number of piperidine rings is 1. The average Bonchev–Trinajstić information content (AvgIpc) is 2.59. The number of ether oxygens (including phenoxy) is 1. The second-order valence-corrected chi connectivity index (χ2v) is 6.32. The molecule has 0 radical (unpaired) electrons. The fourth-order valence-corrected chi connectivity index (χ4v) is 3.08. The molecule has 1 heterocycles. The lowest BCUT2D eigenvalue weighted by Crippen LogP contribution is -2.42. The maximum absolute atomic E-state index is 12.5. The maximum Gasteiger partial charge on any atom is 0.230 e. The number of nitrogens with zero attached hydrogens (tertiary/aromatic N) is 1. The number of hydrogen-bond donors (Lipinski definition) is 0. The minimum absolute atomic E-state index is 0.0798. The second-order valence-electron chi connectivity index (χ2n) is 5.88. The molecule has 24 heavy (non-hydrogen) atoms. The number of amides is 2. The number of likely N-dealkylation sites (tertiary alicyclic amines) is 1. The molecule has 0 atom stereocenters. The van der Waals surface area contributed by atoms with Crippen molar-refractivity contribution in [3.05, 3.63) is 64.7 Å². The van der Waals surface area contributed by atoms with Crippen molar-refractivity contribution in [2.75, 3.05) is 7.11 Å². The number of rotatable bonds is 4. The van der Waals surface area contributed by atoms with Crippen LogP contribution in [0.15, 0.2) is 48.5 Å². The number of imide groups is 1. The van der Waals surface area contributed by atoms with E-state index in [-0.39, 0.29) is 24.3 Å². The van der Waals surface area contributed by atoms with E-state index in [1.807, 2.05) is 36.4 Å². The average molecular weight is 344 g/mol. The SMILES string of the molecule is COc1cccc(CN2C(=O)CC(c3ccc(Cl)cc3)CC2=O)c1. The van der Waals surface area contributed by atoms with Gasteiger partial charge >= 0.3 is 0 Å². The first-order chi connectivity index (χ1) is 11.6. The lowest BCUT2D eigenvalue weighted by atomic mass is 9.88. The molecule has 1 aliphatic heterocycles. The first-order valence-corrected chi connectivity index (χ1v) is 8.16. The molecule has 0 aliphatic carbocycles. The molecule has 0 N–H and O–H groups in total. The van der Waals surface area contributed by atoms with E-state index in [0.717, 1.165) is 11.1 Å². The van der Waals surface area contributed by atoms with Crippen LogP contribution in [0.4, 0.5) is 0 Å². The second kappa shape index (κ2) is 7.05. The molecule has 0 aromatic heterocycles. The standard InChI is InChI=1S/C19H18ClNO3/c1-24-17-4-2-3-13(9-17)12-21-18(22)10-15(11-19(21)23)14-5-7-16(20)8-6-14/h2-9,15H,10-12H2,1H3. The Hall–Kier alpha value is -2.33. The molecule has 1 aliphatic rings. The van der Waals surface area contributed by atoms with Crippen LogP contribution in [0.3, 0.4) is 0 Å². The lowest BCUT2D eigenvalue weighted by molar-refractivity contribution is -0.149. The summed E-state index contributed by atoms with van der Waals surface area (Å²) >= 11 is 5.89. The summed E-state index contributed by atoms with van der Waals surface area (Å²) in [7, 11) is 1.59. The van der Waals surface area contributed by atoms with Gasteiger partial charge in [0.2, 0.25) is 11.8 Å². The monoisotopic (exact) mass is 343 g/mol. The minimum atomic E-state index is -0.144. The van der Waals surface area contributed by atoms with Crippen LogP contribution in [-0.2, 0) is 16.1 Å². The van der Waals surface area contributed by atoms with Crippen LogP contribution < -0.4 is 4.74 Å². The zero-order chi connectivity index (χ0) is 17.1. The molecule has 0 bridgehead atoms. The van der Waals surface area contributed by atoms with Crippen LogP contribution in [0, 0.1) is 0 Å². The largest absolute Gasteiger partial charge is 0.497 e. The summed E-state index contributed by atoms with van der Waals surface area (Å²) in [5.41, 5.74) is 1.85. The molecule has 5 heteroatoms. The van der Waals surface area contributed by atoms with Crippen molar-refractivity contribution in [2.24, 2.45) is 0 Å². The molecule has 0 saturated carbocycles. The predicted octanol–water partition coefficient (Wildman–Crippen LogP) is 3.78. The third-order valence-corrected chi connectivity index (χ3v) is 4.51. The molecule has 2 aromatic rings. The maximum atomic E-state index is 12.5. The third kappa shape index (κ3) is 3.60. The normalized spacial score (nSPS) is 15.7. The van der Waals surface area contributed by atoms with Gasteiger partial charge in [0, 0.05) is 23.8 Å². The van der Waals surface area contributed by atoms with Crippen LogP contribution in [0.5, 0.6) is 5.75 Å². The molecule has 3 rings (SSSR count). The van der Waals surface area contributed by atoms with E-state index in [1.54, 1.807) is 19.2 Å². The smallest absolute Gasteiger partial charge is 0.230 e. The molecule has 0 unspecified atom stereocenters. The van der Waals surface area contributed by atoms with Gasteiger partial charge in [-0.2, -0.15) is 0 Å². The van der Waals surface area contributed by atoms with Gasteiger partial charge in [-0.05, 0) is 35.4 Å². The van der Waals surface area contributed by atoms with Gasteiger partial charge in [0.05, 0.1) is 13.7 Å². The summed E-state index contributed by atoms with van der Waals surface area (Å²) in [5.74, 6) is 0.343. The van der Waals surface area contributed by atoms with Gasteiger partial charge in [-0.1, -0.05) is 35.9 Å². The van der Waals surface area contributed by atoms with E-state index >= 15 is 0 Å². The van der Waals surface area contributed by atoms with Crippen molar-refractivity contribution >= 4 is 23.4 Å². The third-order valence-electron chi connectivity index (χ3n) is 4.26. The summed E-state index contributed by atoms with van der Waals surface area (Å²) in [6, 6.07) is 14.7. The summed E-state index contributed by atoms with van der Waals surface area (Å²) in [5, 5.41) is 0.645. The summed E-state index contributed by atoms with van der Waals surface area (Å²) in [6.07, 6.45) is 0.661. The Morgan fingerprint density at radius 2 is 1.75 bits per heavy atom. The first-order valence-electron chi connectivity index (χ1n) is 7.78. The van der Waals surface area contributed by atoms with Crippen molar-refractivity contribution in [3.8, 4) is 5.75 Å². The van der Waals surface area contributed by atoms with Crippen LogP contribution in [-0.4, -0.2) is 23.8 Å². The lowest BCUT2D eigenvalue weighted by Gasteiger charge is -2.30. The minimum Gasteiger partial charge on any atom is -0.497 e. The van der Waals surface area contributed by atoms with Crippen molar-refractivity contribution in [2.45, 2.75) is 25.3 Å². The van der Waals surface area contributed by atoms with Gasteiger partial charge in [-0.15, -0.1) is 0 Å². The number of hydrogen-bond acceptors (Lipinski definition) is 3. The van der Waals surface area contributed by atoms with Gasteiger partial charge in [0.1, 0.15) is 5.75 Å². The number of carbonyl (C=O) groups excluding carboxylic acids is 2. The number of halogens is 1. The Morgan fingerprint density at radius 3 is 2.38 bits per heavy atom. The highest BCUT2D eigenvalue weighted by atomic mass is 35.5. The molecule has 4 nitrogen and oxygen atoms in total. The Labute approximate surface area is 146 Å². The highest BCUT2D eigenvalue weighted by Gasteiger charge is 2.33. The fraction of sp³-hybridized carbons (Fsp3) is 0.263. The number of methoxy groups -OCH3 is 1. The Balaban J connectivity index is 1.72. The quantitative estimate of drug-likeness (QED) is 0.794. The topological polar surface area (TPSA) is 46.6 Å². The van der Waals surface area contributed by atoms with E-state index in [4.69, 9.17) is 16.3 Å². The Kier molecular flexibility index (Phi) is 4.86. The van der Waals surface area contributed by atoms with Crippen LogP contribution in [0.25, 0.3) is 0 Å². The summed E-state index contributed by atoms with van der Waals surface area (Å²) in [4.78, 5) is 26.3. The van der Waals surface area contributed by atoms with Gasteiger partial charge in [-0.25, -0.2) is 0 Å². The van der Waals surface area contributed by atoms with E-state index in [1.165, 1.54) is 4.90 Å². The molecular weight excluding hydrogens is 326 g/mol. The highest BCUT2D eigenvalue weighted by Crippen LogP contribution is 2.31. The van der Waals surface area contributed by atoms with Crippen LogP contribution in [0.2, 0.25) is 5.02 Å². The Bertz CT molecular complexity index is 739. The van der Waals surface area contributed by atoms with Crippen molar-refractivity contribution in [1.29, 1.82) is 0 Å². The molecule has 124 valence electrons. The van der Waals surface area contributed by atoms with E-state index in [0.29, 0.717) is 23.6 Å². The van der Waals surface area contributed by atoms with Gasteiger partial charge in [0.25, 0.3) is 0 Å². The summed E-state index contributed by atoms with van der Waals surface area (Å²) < 4.78 is 5.18. The number of benzene rings is 2. The van der Waals surface area contributed by atoms with Gasteiger partial charge in [0.15, 0.2) is 0 Å². The van der Waals surface area contributed by atoms with Crippen LogP contribution >= 0.6 is 11.6 Å². The molecule has 1 saturated heterocycles. The van der Waals surface area contributed by atoms with Gasteiger partial charge < -0.3 is 4.74 Å². The first kappa shape index (κ1) is 16.5. The summed E-state index contributed by atoms with van der Waals surface area (Å²) in [6.45, 7) is 0.280.